The molecule has 1 aliphatic carbocycles. The third-order valence-electron chi connectivity index (χ3n) is 3.90. The molecule has 0 aromatic rings. The number of rotatable bonds is 5. The summed E-state index contributed by atoms with van der Waals surface area (Å²) in [6.07, 6.45) is 4.78. The van der Waals surface area contributed by atoms with Gasteiger partial charge in [-0.2, -0.15) is 0 Å². The zero-order valence-corrected chi connectivity index (χ0v) is 15.1. The normalized spacial score (nSPS) is 17.0. The van der Waals surface area contributed by atoms with Crippen LogP contribution in [0.3, 0.4) is 0 Å². The SMILES string of the molecule is CC(C)C(=O)OCC(C)(C)C(O)C(C)C.O=C1CCCCC1. The summed E-state index contributed by atoms with van der Waals surface area (Å²) in [7, 11) is 0. The van der Waals surface area contributed by atoms with Crippen LogP contribution >= 0.6 is 0 Å². The first-order chi connectivity index (χ1) is 10.1. The summed E-state index contributed by atoms with van der Waals surface area (Å²) in [5, 5.41) is 9.91. The lowest BCUT2D eigenvalue weighted by atomic mass is 9.81. The van der Waals surface area contributed by atoms with Gasteiger partial charge < -0.3 is 9.84 Å². The molecule has 22 heavy (non-hydrogen) atoms. The largest absolute Gasteiger partial charge is 0.465 e. The first-order valence-electron chi connectivity index (χ1n) is 8.44. The first-order valence-corrected chi connectivity index (χ1v) is 8.44. The number of ether oxygens (including phenoxy) is 1. The number of hydrogen-bond acceptors (Lipinski definition) is 4. The quantitative estimate of drug-likeness (QED) is 0.785. The van der Waals surface area contributed by atoms with Gasteiger partial charge in [0, 0.05) is 18.3 Å². The minimum Gasteiger partial charge on any atom is -0.465 e. The number of aliphatic hydroxyl groups excluding tert-OH is 1. The van der Waals surface area contributed by atoms with Crippen molar-refractivity contribution in [3.8, 4) is 0 Å². The average Bonchev–Trinajstić information content (AvgIpc) is 2.45. The van der Waals surface area contributed by atoms with Crippen molar-refractivity contribution in [1.82, 2.24) is 0 Å². The molecule has 1 N–H and O–H groups in total. The van der Waals surface area contributed by atoms with Crippen molar-refractivity contribution in [1.29, 1.82) is 0 Å². The van der Waals surface area contributed by atoms with Crippen molar-refractivity contribution in [2.45, 2.75) is 79.8 Å². The van der Waals surface area contributed by atoms with Crippen LogP contribution in [-0.2, 0) is 14.3 Å². The van der Waals surface area contributed by atoms with Crippen LogP contribution in [0.25, 0.3) is 0 Å². The van der Waals surface area contributed by atoms with E-state index >= 15 is 0 Å². The second-order valence-electron chi connectivity index (χ2n) is 7.54. The lowest BCUT2D eigenvalue weighted by molar-refractivity contribution is -0.153. The van der Waals surface area contributed by atoms with Gasteiger partial charge in [-0.05, 0) is 18.8 Å². The second kappa shape index (κ2) is 9.98. The van der Waals surface area contributed by atoms with Gasteiger partial charge in [-0.25, -0.2) is 0 Å². The molecular weight excluding hydrogens is 280 g/mol. The molecule has 0 radical (unpaired) electrons. The summed E-state index contributed by atoms with van der Waals surface area (Å²) in [5.74, 6) is 0.306. The summed E-state index contributed by atoms with van der Waals surface area (Å²) < 4.78 is 5.14. The van der Waals surface area contributed by atoms with E-state index in [1.165, 1.54) is 6.42 Å². The van der Waals surface area contributed by atoms with E-state index in [4.69, 9.17) is 4.74 Å². The summed E-state index contributed by atoms with van der Waals surface area (Å²) in [4.78, 5) is 21.7. The number of aliphatic hydroxyl groups is 1. The third kappa shape index (κ3) is 8.52. The van der Waals surface area contributed by atoms with Gasteiger partial charge in [0.15, 0.2) is 0 Å². The first kappa shape index (κ1) is 21.1. The molecule has 1 saturated carbocycles. The Hall–Kier alpha value is -0.900. The highest BCUT2D eigenvalue weighted by molar-refractivity contribution is 5.78. The molecule has 0 aliphatic heterocycles. The number of esters is 1. The highest BCUT2D eigenvalue weighted by Gasteiger charge is 2.31. The molecule has 1 unspecified atom stereocenters. The van der Waals surface area contributed by atoms with Crippen LogP contribution in [0.4, 0.5) is 0 Å². The van der Waals surface area contributed by atoms with Crippen molar-refractivity contribution in [2.75, 3.05) is 6.61 Å². The molecular formula is C18H34O4. The van der Waals surface area contributed by atoms with Crippen LogP contribution in [0.15, 0.2) is 0 Å². The van der Waals surface area contributed by atoms with Crippen molar-refractivity contribution < 1.29 is 19.4 Å². The van der Waals surface area contributed by atoms with Crippen molar-refractivity contribution >= 4 is 11.8 Å². The predicted octanol–water partition coefficient (Wildman–Crippen LogP) is 3.75. The molecule has 1 aliphatic rings. The van der Waals surface area contributed by atoms with Gasteiger partial charge >= 0.3 is 5.97 Å². The van der Waals surface area contributed by atoms with Gasteiger partial charge in [0.2, 0.25) is 0 Å². The highest BCUT2D eigenvalue weighted by Crippen LogP contribution is 2.26. The van der Waals surface area contributed by atoms with Crippen LogP contribution in [0.5, 0.6) is 0 Å². The van der Waals surface area contributed by atoms with Gasteiger partial charge in [-0.15, -0.1) is 0 Å². The molecule has 0 bridgehead atoms. The molecule has 0 amide bonds. The second-order valence-corrected chi connectivity index (χ2v) is 7.54. The number of ketones is 1. The number of hydrogen-bond donors (Lipinski definition) is 1. The maximum absolute atomic E-state index is 11.3. The van der Waals surface area contributed by atoms with Crippen LogP contribution in [0, 0.1) is 17.3 Å². The van der Waals surface area contributed by atoms with Gasteiger partial charge in [0.1, 0.15) is 5.78 Å². The Labute approximate surface area is 135 Å². The predicted molar refractivity (Wildman–Crippen MR) is 88.5 cm³/mol. The minimum absolute atomic E-state index is 0.114. The molecule has 1 rings (SSSR count). The standard InChI is InChI=1S/C12H24O3.C6H10O/c1-8(2)10(13)12(5,6)7-15-11(14)9(3)4;7-6-4-2-1-3-5-6/h8-10,13H,7H2,1-6H3;1-5H2. The summed E-state index contributed by atoms with van der Waals surface area (Å²) >= 11 is 0. The van der Waals surface area contributed by atoms with E-state index in [9.17, 15) is 14.7 Å². The topological polar surface area (TPSA) is 63.6 Å². The fraction of sp³-hybridized carbons (Fsp3) is 0.889. The number of carbonyl (C=O) groups is 2. The Morgan fingerprint density at radius 3 is 1.95 bits per heavy atom. The molecule has 130 valence electrons. The Balaban J connectivity index is 0.000000518. The Bertz CT molecular complexity index is 337. The fourth-order valence-corrected chi connectivity index (χ4v) is 2.36. The molecule has 4 nitrogen and oxygen atoms in total. The Kier molecular flexibility index (Phi) is 9.58. The Morgan fingerprint density at radius 1 is 1.14 bits per heavy atom. The number of carbonyl (C=O) groups excluding carboxylic acids is 2. The van der Waals surface area contributed by atoms with E-state index < -0.39 is 11.5 Å². The van der Waals surface area contributed by atoms with Gasteiger partial charge in [-0.3, -0.25) is 9.59 Å². The lowest BCUT2D eigenvalue weighted by Gasteiger charge is -2.32. The highest BCUT2D eigenvalue weighted by atomic mass is 16.5. The van der Waals surface area contributed by atoms with Crippen molar-refractivity contribution in [2.24, 2.45) is 17.3 Å². The van der Waals surface area contributed by atoms with E-state index in [2.05, 4.69) is 0 Å². The summed E-state index contributed by atoms with van der Waals surface area (Å²) in [6, 6.07) is 0. The van der Waals surface area contributed by atoms with E-state index in [1.54, 1.807) is 13.8 Å². The van der Waals surface area contributed by atoms with E-state index in [0.29, 0.717) is 5.78 Å². The molecule has 4 heteroatoms. The molecule has 0 aromatic heterocycles. The maximum atomic E-state index is 11.3. The molecule has 0 saturated heterocycles. The summed E-state index contributed by atoms with van der Waals surface area (Å²) in [6.45, 7) is 11.6. The molecule has 1 fully saturated rings. The van der Waals surface area contributed by atoms with Crippen LogP contribution in [-0.4, -0.2) is 29.6 Å². The smallest absolute Gasteiger partial charge is 0.308 e. The van der Waals surface area contributed by atoms with E-state index in [1.807, 2.05) is 27.7 Å². The number of Topliss-reactive ketones (excluding diaryl/α,β-unsaturated/α-hetero) is 1. The van der Waals surface area contributed by atoms with Crippen molar-refractivity contribution in [3.63, 3.8) is 0 Å². The third-order valence-corrected chi connectivity index (χ3v) is 3.90. The minimum atomic E-state index is -0.461. The summed E-state index contributed by atoms with van der Waals surface area (Å²) in [5.41, 5.74) is -0.390. The van der Waals surface area contributed by atoms with E-state index in [0.717, 1.165) is 25.7 Å². The molecule has 0 spiro atoms. The van der Waals surface area contributed by atoms with Crippen LogP contribution in [0.1, 0.15) is 73.6 Å². The zero-order valence-electron chi connectivity index (χ0n) is 15.1. The fourth-order valence-electron chi connectivity index (χ4n) is 2.36. The molecule has 1 atom stereocenters. The van der Waals surface area contributed by atoms with E-state index in [-0.39, 0.29) is 24.4 Å². The average molecular weight is 314 g/mol. The lowest BCUT2D eigenvalue weighted by Crippen LogP contribution is -2.38. The zero-order chi connectivity index (χ0) is 17.3. The van der Waals surface area contributed by atoms with Crippen molar-refractivity contribution in [3.05, 3.63) is 0 Å². The van der Waals surface area contributed by atoms with Gasteiger partial charge in [-0.1, -0.05) is 48.0 Å². The van der Waals surface area contributed by atoms with Crippen LogP contribution < -0.4 is 0 Å². The van der Waals surface area contributed by atoms with Gasteiger partial charge in [0.25, 0.3) is 0 Å². The molecule has 0 aromatic carbocycles. The monoisotopic (exact) mass is 314 g/mol. The Morgan fingerprint density at radius 2 is 1.64 bits per heavy atom. The van der Waals surface area contributed by atoms with Gasteiger partial charge in [0.05, 0.1) is 18.6 Å². The maximum Gasteiger partial charge on any atom is 0.308 e. The molecule has 0 heterocycles. The van der Waals surface area contributed by atoms with Crippen LogP contribution in [0.2, 0.25) is 0 Å².